The van der Waals surface area contributed by atoms with Crippen molar-refractivity contribution in [1.82, 2.24) is 9.38 Å². The van der Waals surface area contributed by atoms with Crippen molar-refractivity contribution in [2.45, 2.75) is 6.18 Å². The van der Waals surface area contributed by atoms with E-state index >= 15 is 0 Å². The van der Waals surface area contributed by atoms with E-state index in [-0.39, 0.29) is 22.6 Å². The van der Waals surface area contributed by atoms with Gasteiger partial charge in [0.1, 0.15) is 17.3 Å². The number of halogens is 4. The van der Waals surface area contributed by atoms with Crippen LogP contribution >= 0.6 is 0 Å². The minimum absolute atomic E-state index is 0.0823. The topological polar surface area (TPSA) is 57.8 Å². The first kappa shape index (κ1) is 17.8. The number of fused-ring (bicyclic) bond motifs is 1. The second-order valence-corrected chi connectivity index (χ2v) is 6.11. The zero-order valence-corrected chi connectivity index (χ0v) is 14.1. The second kappa shape index (κ2) is 6.26. The number of para-hydroxylation sites is 1. The lowest BCUT2D eigenvalue weighted by atomic mass is 10.1. The fraction of sp³-hybridized carbons (Fsp3) is 0.0500. The highest BCUT2D eigenvalue weighted by Crippen LogP contribution is 2.40. The van der Waals surface area contributed by atoms with Crippen LogP contribution in [0.3, 0.4) is 0 Å². The molecule has 4 rings (SSSR count). The highest BCUT2D eigenvalue weighted by Gasteiger charge is 2.31. The van der Waals surface area contributed by atoms with Crippen LogP contribution in [0.15, 0.2) is 60.8 Å². The van der Waals surface area contributed by atoms with Crippen molar-refractivity contribution in [3.05, 3.63) is 72.2 Å². The van der Waals surface area contributed by atoms with Gasteiger partial charge in [-0.25, -0.2) is 9.37 Å². The third-order valence-corrected chi connectivity index (χ3v) is 4.36. The fourth-order valence-electron chi connectivity index (χ4n) is 3.03. The summed E-state index contributed by atoms with van der Waals surface area (Å²) in [6.07, 6.45) is -2.97. The third-order valence-electron chi connectivity index (χ3n) is 4.36. The molecule has 0 aliphatic heterocycles. The van der Waals surface area contributed by atoms with Crippen LogP contribution in [0, 0.1) is 5.82 Å². The molecular weight excluding hydrogens is 376 g/mol. The SMILES string of the molecule is Oc1cc(C(F)(F)F)ccc1-c1nc(-c2cccc(F)c2O)n2ccccc12. The summed E-state index contributed by atoms with van der Waals surface area (Å²) in [5.74, 6) is -1.83. The summed E-state index contributed by atoms with van der Waals surface area (Å²) < 4.78 is 53.9. The van der Waals surface area contributed by atoms with Crippen LogP contribution in [0.5, 0.6) is 11.5 Å². The Bertz CT molecular complexity index is 1200. The molecule has 0 fully saturated rings. The predicted octanol–water partition coefficient (Wildman–Crippen LogP) is 5.24. The molecule has 4 aromatic rings. The number of aromatic hydroxyl groups is 2. The van der Waals surface area contributed by atoms with E-state index in [0.717, 1.165) is 18.2 Å². The van der Waals surface area contributed by atoms with Crippen LogP contribution in [-0.4, -0.2) is 19.6 Å². The molecule has 0 saturated carbocycles. The number of hydrogen-bond donors (Lipinski definition) is 2. The minimum Gasteiger partial charge on any atom is -0.507 e. The van der Waals surface area contributed by atoms with Gasteiger partial charge in [0, 0.05) is 11.8 Å². The van der Waals surface area contributed by atoms with E-state index in [4.69, 9.17) is 0 Å². The Morgan fingerprint density at radius 2 is 1.68 bits per heavy atom. The maximum absolute atomic E-state index is 13.8. The van der Waals surface area contributed by atoms with Crippen molar-refractivity contribution in [3.8, 4) is 34.1 Å². The van der Waals surface area contributed by atoms with Gasteiger partial charge in [0.05, 0.1) is 16.6 Å². The number of hydrogen-bond acceptors (Lipinski definition) is 3. The quantitative estimate of drug-likeness (QED) is 0.462. The molecule has 2 heterocycles. The van der Waals surface area contributed by atoms with Crippen LogP contribution in [0.4, 0.5) is 17.6 Å². The molecule has 0 aliphatic rings. The number of phenols is 2. The standard InChI is InChI=1S/C20H12F4N2O2/c21-14-5-3-4-13(18(14)28)19-25-17(15-6-1-2-9-26(15)19)12-8-7-11(10-16(12)27)20(22,23)24/h1-10,27-28H. The van der Waals surface area contributed by atoms with Gasteiger partial charge in [0.15, 0.2) is 11.6 Å². The predicted molar refractivity (Wildman–Crippen MR) is 94.4 cm³/mol. The van der Waals surface area contributed by atoms with Crippen molar-refractivity contribution in [2.24, 2.45) is 0 Å². The highest BCUT2D eigenvalue weighted by atomic mass is 19.4. The summed E-state index contributed by atoms with van der Waals surface area (Å²) >= 11 is 0. The molecule has 8 heteroatoms. The Labute approximate surface area is 155 Å². The number of pyridine rings is 1. The summed E-state index contributed by atoms with van der Waals surface area (Å²) in [6, 6.07) is 11.6. The highest BCUT2D eigenvalue weighted by molar-refractivity contribution is 5.85. The maximum atomic E-state index is 13.8. The van der Waals surface area contributed by atoms with Gasteiger partial charge in [-0.1, -0.05) is 12.1 Å². The molecule has 28 heavy (non-hydrogen) atoms. The van der Waals surface area contributed by atoms with Crippen LogP contribution in [-0.2, 0) is 6.18 Å². The van der Waals surface area contributed by atoms with Crippen molar-refractivity contribution >= 4 is 5.52 Å². The van der Waals surface area contributed by atoms with E-state index in [9.17, 15) is 27.8 Å². The van der Waals surface area contributed by atoms with E-state index in [0.29, 0.717) is 11.6 Å². The molecule has 0 spiro atoms. The molecule has 0 bridgehead atoms. The molecule has 2 aromatic heterocycles. The molecule has 0 aliphatic carbocycles. The Morgan fingerprint density at radius 1 is 0.893 bits per heavy atom. The third kappa shape index (κ3) is 2.83. The Hall–Kier alpha value is -3.55. The molecule has 2 N–H and O–H groups in total. The first-order valence-electron chi connectivity index (χ1n) is 8.13. The Balaban J connectivity index is 1.96. The molecule has 0 amide bonds. The molecule has 0 saturated heterocycles. The lowest BCUT2D eigenvalue weighted by Crippen LogP contribution is -2.04. The van der Waals surface area contributed by atoms with E-state index in [1.165, 1.54) is 12.1 Å². The normalized spacial score (nSPS) is 11.9. The fourth-order valence-corrected chi connectivity index (χ4v) is 3.03. The van der Waals surface area contributed by atoms with Crippen LogP contribution in [0.25, 0.3) is 28.2 Å². The van der Waals surface area contributed by atoms with E-state index in [1.54, 1.807) is 28.8 Å². The largest absolute Gasteiger partial charge is 0.507 e. The lowest BCUT2D eigenvalue weighted by Gasteiger charge is -2.09. The molecule has 0 radical (unpaired) electrons. The summed E-state index contributed by atoms with van der Waals surface area (Å²) in [7, 11) is 0. The average Bonchev–Trinajstić information content (AvgIpc) is 3.02. The zero-order chi connectivity index (χ0) is 20.1. The average molecular weight is 388 g/mol. The second-order valence-electron chi connectivity index (χ2n) is 6.11. The van der Waals surface area contributed by atoms with Crippen LogP contribution in [0.2, 0.25) is 0 Å². The van der Waals surface area contributed by atoms with Crippen LogP contribution in [0.1, 0.15) is 5.56 Å². The van der Waals surface area contributed by atoms with Crippen molar-refractivity contribution in [3.63, 3.8) is 0 Å². The Morgan fingerprint density at radius 3 is 2.39 bits per heavy atom. The van der Waals surface area contributed by atoms with Gasteiger partial charge in [-0.2, -0.15) is 13.2 Å². The summed E-state index contributed by atoms with van der Waals surface area (Å²) in [5, 5.41) is 20.3. The van der Waals surface area contributed by atoms with Crippen molar-refractivity contribution in [2.75, 3.05) is 0 Å². The minimum atomic E-state index is -4.59. The van der Waals surface area contributed by atoms with Gasteiger partial charge in [0.25, 0.3) is 0 Å². The monoisotopic (exact) mass is 388 g/mol. The number of imidazole rings is 1. The zero-order valence-electron chi connectivity index (χ0n) is 14.1. The molecule has 0 atom stereocenters. The maximum Gasteiger partial charge on any atom is 0.416 e. The van der Waals surface area contributed by atoms with Gasteiger partial charge >= 0.3 is 6.18 Å². The number of phenolic OH excluding ortho intramolecular Hbond substituents is 2. The smallest absolute Gasteiger partial charge is 0.416 e. The lowest BCUT2D eigenvalue weighted by molar-refractivity contribution is -0.137. The van der Waals surface area contributed by atoms with Gasteiger partial charge in [-0.3, -0.25) is 4.40 Å². The van der Waals surface area contributed by atoms with Gasteiger partial charge in [-0.15, -0.1) is 0 Å². The van der Waals surface area contributed by atoms with Gasteiger partial charge < -0.3 is 10.2 Å². The van der Waals surface area contributed by atoms with Crippen molar-refractivity contribution in [1.29, 1.82) is 0 Å². The first-order valence-corrected chi connectivity index (χ1v) is 8.13. The molecule has 4 nitrogen and oxygen atoms in total. The first-order chi connectivity index (χ1) is 13.3. The molecule has 0 unspecified atom stereocenters. The van der Waals surface area contributed by atoms with Gasteiger partial charge in [-0.05, 0) is 42.5 Å². The van der Waals surface area contributed by atoms with Crippen LogP contribution < -0.4 is 0 Å². The number of rotatable bonds is 2. The summed E-state index contributed by atoms with van der Waals surface area (Å²) in [6.45, 7) is 0. The van der Waals surface area contributed by atoms with Gasteiger partial charge in [0.2, 0.25) is 0 Å². The summed E-state index contributed by atoms with van der Waals surface area (Å²) in [4.78, 5) is 4.38. The van der Waals surface area contributed by atoms with E-state index < -0.39 is 29.1 Å². The van der Waals surface area contributed by atoms with E-state index in [1.807, 2.05) is 0 Å². The Kier molecular flexibility index (Phi) is 3.99. The summed E-state index contributed by atoms with van der Waals surface area (Å²) in [5.41, 5.74) is -0.125. The number of benzene rings is 2. The molecule has 2 aromatic carbocycles. The number of alkyl halides is 3. The van der Waals surface area contributed by atoms with Crippen molar-refractivity contribution < 1.29 is 27.8 Å². The molecular formula is C20H12F4N2O2. The number of nitrogens with zero attached hydrogens (tertiary/aromatic N) is 2. The number of aromatic nitrogens is 2. The molecule has 142 valence electrons. The van der Waals surface area contributed by atoms with E-state index in [2.05, 4.69) is 4.98 Å².